The minimum absolute atomic E-state index is 0.134. The Hall–Kier alpha value is 0.0700. The van der Waals surface area contributed by atoms with E-state index in [0.29, 0.717) is 5.82 Å². The Balaban J connectivity index is 3.72. The summed E-state index contributed by atoms with van der Waals surface area (Å²) in [5.74, 6) is 0.510. The van der Waals surface area contributed by atoms with Crippen LogP contribution in [0.4, 0.5) is 0 Å². The van der Waals surface area contributed by atoms with Gasteiger partial charge in [0, 0.05) is 0 Å². The van der Waals surface area contributed by atoms with Crippen molar-refractivity contribution >= 4 is 0 Å². The van der Waals surface area contributed by atoms with Gasteiger partial charge in [-0.3, -0.25) is 0 Å². The molecule has 0 radical (unpaired) electrons. The second-order valence-electron chi connectivity index (χ2n) is 1.18. The van der Waals surface area contributed by atoms with Gasteiger partial charge in [0.1, 0.15) is 0 Å². The van der Waals surface area contributed by atoms with E-state index in [0.717, 1.165) is 0 Å². The van der Waals surface area contributed by atoms with Crippen molar-refractivity contribution in [2.24, 2.45) is 11.5 Å². The van der Waals surface area contributed by atoms with Crippen LogP contribution in [0.5, 0.6) is 0 Å². The zero-order valence-electron chi connectivity index (χ0n) is 4.53. The summed E-state index contributed by atoms with van der Waals surface area (Å²) in [5.41, 5.74) is 10.5. The number of halogens is 1. The maximum absolute atomic E-state index is 5.23. The molecule has 0 heterocycles. The standard InChI is InChI=1S/C4H10IN2/c1-3(5-2)4(6)7/h6-7H2,1-2H3/q-1. The molecule has 0 spiro atoms. The first-order valence-electron chi connectivity index (χ1n) is 1.89. The van der Waals surface area contributed by atoms with Crippen LogP contribution in [-0.4, -0.2) is 4.93 Å². The summed E-state index contributed by atoms with van der Waals surface area (Å²) in [6, 6.07) is 0. The van der Waals surface area contributed by atoms with Gasteiger partial charge in [-0.2, -0.15) is 0 Å². The van der Waals surface area contributed by atoms with E-state index in [4.69, 9.17) is 11.5 Å². The maximum atomic E-state index is 5.23. The molecular formula is C4H10IN2-. The fourth-order valence-corrected chi connectivity index (χ4v) is 0.732. The van der Waals surface area contributed by atoms with E-state index < -0.39 is 0 Å². The van der Waals surface area contributed by atoms with Crippen LogP contribution in [0.2, 0.25) is 0 Å². The molecule has 0 amide bonds. The first-order valence-corrected chi connectivity index (χ1v) is 5.13. The van der Waals surface area contributed by atoms with Crippen LogP contribution < -0.4 is 32.7 Å². The van der Waals surface area contributed by atoms with E-state index in [1.807, 2.05) is 6.92 Å². The molecule has 7 heavy (non-hydrogen) atoms. The van der Waals surface area contributed by atoms with Crippen molar-refractivity contribution in [1.82, 2.24) is 0 Å². The Labute approximate surface area is 54.2 Å². The van der Waals surface area contributed by atoms with Crippen molar-refractivity contribution in [3.05, 3.63) is 9.40 Å². The normalized spacial score (nSPS) is 8.86. The number of hydrogen-bond donors (Lipinski definition) is 2. The number of allylic oxidation sites excluding steroid dienone is 1. The third kappa shape index (κ3) is 2.73. The van der Waals surface area contributed by atoms with Crippen molar-refractivity contribution in [2.45, 2.75) is 6.92 Å². The van der Waals surface area contributed by atoms with Crippen LogP contribution in [0.1, 0.15) is 6.92 Å². The van der Waals surface area contributed by atoms with E-state index in [2.05, 4.69) is 4.93 Å². The fraction of sp³-hybridized carbons (Fsp3) is 0.500. The molecule has 4 N–H and O–H groups in total. The second kappa shape index (κ2) is 3.12. The van der Waals surface area contributed by atoms with Crippen LogP contribution in [0, 0.1) is 0 Å². The van der Waals surface area contributed by atoms with Gasteiger partial charge in [-0.15, -0.1) is 0 Å². The quantitative estimate of drug-likeness (QED) is 0.356. The molecular weight excluding hydrogens is 203 g/mol. The van der Waals surface area contributed by atoms with Crippen LogP contribution >= 0.6 is 0 Å². The summed E-state index contributed by atoms with van der Waals surface area (Å²) < 4.78 is 1.18. The topological polar surface area (TPSA) is 52.0 Å². The molecule has 0 aromatic carbocycles. The molecule has 0 saturated carbocycles. The Morgan fingerprint density at radius 1 is 1.43 bits per heavy atom. The predicted molar refractivity (Wildman–Crippen MR) is 27.0 cm³/mol. The first kappa shape index (κ1) is 7.07. The first-order chi connectivity index (χ1) is 3.18. The summed E-state index contributed by atoms with van der Waals surface area (Å²) >= 11 is 0.134. The van der Waals surface area contributed by atoms with Crippen molar-refractivity contribution in [3.8, 4) is 0 Å². The number of hydrogen-bond acceptors (Lipinski definition) is 2. The molecule has 0 aliphatic heterocycles. The molecule has 0 saturated heterocycles. The third-order valence-electron chi connectivity index (χ3n) is 0.681. The van der Waals surface area contributed by atoms with E-state index in [9.17, 15) is 0 Å². The van der Waals surface area contributed by atoms with E-state index >= 15 is 0 Å². The SMILES string of the molecule is C[I-]C(C)=C(N)N. The van der Waals surface area contributed by atoms with Crippen LogP contribution in [0.15, 0.2) is 9.40 Å². The molecule has 0 rings (SSSR count). The molecule has 0 unspecified atom stereocenters. The Bertz CT molecular complexity index is 83.7. The molecule has 2 nitrogen and oxygen atoms in total. The monoisotopic (exact) mass is 213 g/mol. The molecule has 0 aliphatic rings. The Kier molecular flexibility index (Phi) is 3.15. The third-order valence-corrected chi connectivity index (χ3v) is 2.92. The van der Waals surface area contributed by atoms with Crippen molar-refractivity contribution in [2.75, 3.05) is 4.93 Å². The van der Waals surface area contributed by atoms with E-state index in [1.54, 1.807) is 0 Å². The molecule has 0 aromatic heterocycles. The molecule has 44 valence electrons. The van der Waals surface area contributed by atoms with Gasteiger partial charge in [-0.25, -0.2) is 0 Å². The second-order valence-corrected chi connectivity index (χ2v) is 3.87. The van der Waals surface area contributed by atoms with E-state index in [-0.39, 0.29) is 21.2 Å². The van der Waals surface area contributed by atoms with Gasteiger partial charge in [-0.05, 0) is 0 Å². The molecule has 3 heteroatoms. The average Bonchev–Trinajstić information content (AvgIpc) is 1.65. The molecule has 0 bridgehead atoms. The molecule has 0 aromatic rings. The van der Waals surface area contributed by atoms with Crippen LogP contribution in [-0.2, 0) is 0 Å². The summed E-state index contributed by atoms with van der Waals surface area (Å²) in [5, 5.41) is 0. The van der Waals surface area contributed by atoms with Crippen molar-refractivity contribution < 1.29 is 21.2 Å². The summed E-state index contributed by atoms with van der Waals surface area (Å²) in [6.45, 7) is 1.97. The Morgan fingerprint density at radius 2 is 1.86 bits per heavy atom. The van der Waals surface area contributed by atoms with Gasteiger partial charge >= 0.3 is 53.9 Å². The van der Waals surface area contributed by atoms with Crippen molar-refractivity contribution in [1.29, 1.82) is 0 Å². The minimum atomic E-state index is 0.134. The van der Waals surface area contributed by atoms with Crippen LogP contribution in [0.3, 0.4) is 0 Å². The fourth-order valence-electron chi connectivity index (χ4n) is 0.109. The average molecular weight is 213 g/mol. The van der Waals surface area contributed by atoms with Gasteiger partial charge in [-0.1, -0.05) is 0 Å². The van der Waals surface area contributed by atoms with Gasteiger partial charge in [0.15, 0.2) is 0 Å². The van der Waals surface area contributed by atoms with Gasteiger partial charge in [0.25, 0.3) is 0 Å². The zero-order chi connectivity index (χ0) is 5.86. The van der Waals surface area contributed by atoms with Crippen molar-refractivity contribution in [3.63, 3.8) is 0 Å². The predicted octanol–water partition coefficient (Wildman–Crippen LogP) is -3.19. The summed E-state index contributed by atoms with van der Waals surface area (Å²) in [4.78, 5) is 2.13. The van der Waals surface area contributed by atoms with Crippen LogP contribution in [0.25, 0.3) is 0 Å². The summed E-state index contributed by atoms with van der Waals surface area (Å²) in [6.07, 6.45) is 0. The molecule has 0 aliphatic carbocycles. The van der Waals surface area contributed by atoms with Gasteiger partial charge in [0.2, 0.25) is 0 Å². The number of nitrogens with two attached hydrogens (primary N) is 2. The zero-order valence-corrected chi connectivity index (χ0v) is 6.69. The number of alkyl halides is 1. The molecule has 0 atom stereocenters. The molecule has 0 fully saturated rings. The summed E-state index contributed by atoms with van der Waals surface area (Å²) in [7, 11) is 0. The Morgan fingerprint density at radius 3 is 1.86 bits per heavy atom. The number of rotatable bonds is 1. The van der Waals surface area contributed by atoms with Gasteiger partial charge in [0.05, 0.1) is 0 Å². The van der Waals surface area contributed by atoms with E-state index in [1.165, 1.54) is 3.58 Å². The van der Waals surface area contributed by atoms with Gasteiger partial charge < -0.3 is 0 Å².